The van der Waals surface area contributed by atoms with Crippen LogP contribution in [-0.2, 0) is 4.79 Å². The van der Waals surface area contributed by atoms with Gasteiger partial charge in [-0.15, -0.1) is 0 Å². The zero-order valence-corrected chi connectivity index (χ0v) is 27.5. The number of benzene rings is 3. The fourth-order valence-electron chi connectivity index (χ4n) is 6.88. The van der Waals surface area contributed by atoms with Crippen LogP contribution in [0.1, 0.15) is 49.1 Å². The van der Waals surface area contributed by atoms with E-state index in [0.29, 0.717) is 28.1 Å². The number of nitrogens with one attached hydrogen (secondary N) is 1. The van der Waals surface area contributed by atoms with E-state index < -0.39 is 0 Å². The molecule has 0 bridgehead atoms. The summed E-state index contributed by atoms with van der Waals surface area (Å²) in [5.74, 6) is 2.56. The quantitative estimate of drug-likeness (QED) is 0.192. The van der Waals surface area contributed by atoms with Crippen LogP contribution in [0.15, 0.2) is 91.9 Å². The van der Waals surface area contributed by atoms with Crippen molar-refractivity contribution < 1.29 is 9.32 Å². The zero-order valence-electron chi connectivity index (χ0n) is 25.1. The van der Waals surface area contributed by atoms with Crippen LogP contribution < -0.4 is 10.9 Å². The molecule has 10 heteroatoms. The number of aryl methyl sites for hydroxylation is 1. The van der Waals surface area contributed by atoms with Crippen molar-refractivity contribution in [1.29, 1.82) is 0 Å². The molecule has 7 rings (SSSR count). The number of rotatable bonds is 7. The predicted molar refractivity (Wildman–Crippen MR) is 184 cm³/mol. The van der Waals surface area contributed by atoms with Gasteiger partial charge in [0, 0.05) is 51.9 Å². The number of pyridine rings is 1. The number of aromatic nitrogens is 2. The van der Waals surface area contributed by atoms with Gasteiger partial charge in [-0.1, -0.05) is 77.1 Å². The van der Waals surface area contributed by atoms with Crippen LogP contribution in [0.3, 0.4) is 0 Å². The van der Waals surface area contributed by atoms with E-state index in [0.717, 1.165) is 70.1 Å². The number of carbonyl (C=O) groups is 1. The lowest BCUT2D eigenvalue weighted by atomic mass is 9.89. The Bertz CT molecular complexity index is 1890. The Labute approximate surface area is 275 Å². The third-order valence-electron chi connectivity index (χ3n) is 8.97. The minimum atomic E-state index is -0.334. The van der Waals surface area contributed by atoms with Crippen molar-refractivity contribution in [1.82, 2.24) is 19.9 Å². The maximum atomic E-state index is 14.4. The zero-order chi connectivity index (χ0) is 30.9. The van der Waals surface area contributed by atoms with E-state index in [1.54, 1.807) is 18.7 Å². The minimum Gasteiger partial charge on any atom is -0.360 e. The highest BCUT2D eigenvalue weighted by Gasteiger charge is 2.34. The summed E-state index contributed by atoms with van der Waals surface area (Å²) in [6.45, 7) is 3.54. The van der Waals surface area contributed by atoms with Gasteiger partial charge in [0.25, 0.3) is 5.56 Å². The number of hydrogen-bond donors (Lipinski definition) is 1. The van der Waals surface area contributed by atoms with Gasteiger partial charge in [0.1, 0.15) is 22.7 Å². The molecule has 232 valence electrons. The van der Waals surface area contributed by atoms with Gasteiger partial charge in [0.05, 0.1) is 10.5 Å². The van der Waals surface area contributed by atoms with E-state index in [4.69, 9.17) is 16.1 Å². The molecule has 1 saturated carbocycles. The second-order valence-corrected chi connectivity index (χ2v) is 14.6. The number of nitrogens with zero attached hydrogens (tertiary/aromatic N) is 3. The summed E-state index contributed by atoms with van der Waals surface area (Å²) in [4.78, 5) is 32.7. The van der Waals surface area contributed by atoms with E-state index in [1.165, 1.54) is 0 Å². The molecule has 7 nitrogen and oxygen atoms in total. The van der Waals surface area contributed by atoms with Gasteiger partial charge in [-0.25, -0.2) is 0 Å². The van der Waals surface area contributed by atoms with Crippen molar-refractivity contribution in [3.8, 4) is 0 Å². The highest BCUT2D eigenvalue weighted by Crippen LogP contribution is 2.42. The third kappa shape index (κ3) is 6.03. The van der Waals surface area contributed by atoms with E-state index in [9.17, 15) is 9.59 Å². The van der Waals surface area contributed by atoms with Crippen molar-refractivity contribution in [2.45, 2.75) is 60.5 Å². The van der Waals surface area contributed by atoms with E-state index in [2.05, 4.69) is 27.5 Å². The van der Waals surface area contributed by atoms with Crippen molar-refractivity contribution in [2.75, 3.05) is 24.6 Å². The Hall–Kier alpha value is -3.24. The molecule has 45 heavy (non-hydrogen) atoms. The number of hydrogen-bond acceptors (Lipinski definition) is 7. The van der Waals surface area contributed by atoms with Crippen molar-refractivity contribution in [3.05, 3.63) is 99.5 Å². The van der Waals surface area contributed by atoms with Gasteiger partial charge < -0.3 is 14.4 Å². The average Bonchev–Trinajstić information content (AvgIpc) is 3.45. The molecule has 2 aromatic heterocycles. The summed E-state index contributed by atoms with van der Waals surface area (Å²) in [5, 5.41) is 9.45. The highest BCUT2D eigenvalue weighted by molar-refractivity contribution is 7.99. The fraction of sp³-hybridized carbons (Fsp3) is 0.343. The first-order valence-corrected chi connectivity index (χ1v) is 17.9. The molecule has 1 aliphatic carbocycles. The molecule has 3 unspecified atom stereocenters. The largest absolute Gasteiger partial charge is 0.360 e. The average molecular weight is 659 g/mol. The minimum absolute atomic E-state index is 0.0321. The molecular weight excluding hydrogens is 624 g/mol. The molecule has 2 aliphatic rings. The summed E-state index contributed by atoms with van der Waals surface area (Å²) in [5.41, 5.74) is 2.16. The first kappa shape index (κ1) is 30.4. The Morgan fingerprint density at radius 1 is 1.02 bits per heavy atom. The first-order chi connectivity index (χ1) is 22.0. The molecule has 2 fully saturated rings. The summed E-state index contributed by atoms with van der Waals surface area (Å²) < 4.78 is 7.49. The van der Waals surface area contributed by atoms with Gasteiger partial charge >= 0.3 is 0 Å². The molecule has 3 atom stereocenters. The lowest BCUT2D eigenvalue weighted by molar-refractivity contribution is -0.127. The maximum Gasteiger partial charge on any atom is 0.264 e. The van der Waals surface area contributed by atoms with Crippen LogP contribution in [0, 0.1) is 6.92 Å². The fourth-order valence-corrected chi connectivity index (χ4v) is 9.04. The number of amides is 1. The summed E-state index contributed by atoms with van der Waals surface area (Å²) in [7, 11) is 0. The Balaban J connectivity index is 1.26. The summed E-state index contributed by atoms with van der Waals surface area (Å²) in [6, 6.07) is 23.5. The third-order valence-corrected chi connectivity index (χ3v) is 11.3. The summed E-state index contributed by atoms with van der Waals surface area (Å²) in [6.07, 6.45) is 3.23. The van der Waals surface area contributed by atoms with Gasteiger partial charge in [-0.2, -0.15) is 11.8 Å². The van der Waals surface area contributed by atoms with Crippen LogP contribution in [0.25, 0.3) is 21.8 Å². The molecule has 0 radical (unpaired) electrons. The van der Waals surface area contributed by atoms with Crippen LogP contribution in [-0.4, -0.2) is 51.2 Å². The first-order valence-electron chi connectivity index (χ1n) is 15.5. The molecule has 1 aliphatic heterocycles. The van der Waals surface area contributed by atoms with E-state index >= 15 is 0 Å². The van der Waals surface area contributed by atoms with Gasteiger partial charge in [-0.05, 0) is 62.4 Å². The molecule has 1 amide bonds. The molecule has 0 spiro atoms. The highest BCUT2D eigenvalue weighted by atomic mass is 35.5. The van der Waals surface area contributed by atoms with Crippen LogP contribution >= 0.6 is 35.1 Å². The van der Waals surface area contributed by atoms with Gasteiger partial charge in [0.15, 0.2) is 0 Å². The molecule has 5 aromatic rings. The van der Waals surface area contributed by atoms with Crippen LogP contribution in [0.2, 0.25) is 5.02 Å². The second-order valence-electron chi connectivity index (χ2n) is 11.8. The topological polar surface area (TPSA) is 80.4 Å². The number of halogens is 1. The van der Waals surface area contributed by atoms with Gasteiger partial charge in [0.2, 0.25) is 5.91 Å². The number of carbonyl (C=O) groups excluding carboxylic acids is 1. The second kappa shape index (κ2) is 13.2. The normalized spacial score (nSPS) is 20.0. The molecule has 1 saturated heterocycles. The Morgan fingerprint density at radius 3 is 2.51 bits per heavy atom. The Morgan fingerprint density at radius 2 is 1.76 bits per heavy atom. The monoisotopic (exact) mass is 658 g/mol. The van der Waals surface area contributed by atoms with Crippen molar-refractivity contribution in [2.24, 2.45) is 0 Å². The lowest BCUT2D eigenvalue weighted by Crippen LogP contribution is -2.48. The molecule has 1 N–H and O–H groups in total. The SMILES string of the molecule is Cc1onc2c1c(=O)n(C1CCCC(NC(=O)C(c3ccccc3)N3CCSCC3)C1)c1c(Sc3ccccc3)ccc(Cl)c21. The van der Waals surface area contributed by atoms with Crippen LogP contribution in [0.4, 0.5) is 0 Å². The number of fused-ring (bicyclic) bond motifs is 3. The predicted octanol–water partition coefficient (Wildman–Crippen LogP) is 7.65. The maximum absolute atomic E-state index is 14.4. The Kier molecular flexibility index (Phi) is 8.95. The van der Waals surface area contributed by atoms with Crippen molar-refractivity contribution in [3.63, 3.8) is 0 Å². The van der Waals surface area contributed by atoms with Crippen LogP contribution in [0.5, 0.6) is 0 Å². The molecule has 3 heterocycles. The van der Waals surface area contributed by atoms with E-state index in [1.807, 2.05) is 77.0 Å². The molecule has 3 aromatic carbocycles. The molecular formula is C35H35ClN4O3S2. The van der Waals surface area contributed by atoms with E-state index in [-0.39, 0.29) is 29.6 Å². The van der Waals surface area contributed by atoms with Gasteiger partial charge in [-0.3, -0.25) is 14.5 Å². The lowest BCUT2D eigenvalue weighted by Gasteiger charge is -2.36. The summed E-state index contributed by atoms with van der Waals surface area (Å²) >= 11 is 10.4. The number of thioether (sulfide) groups is 1. The smallest absolute Gasteiger partial charge is 0.264 e. The van der Waals surface area contributed by atoms with Crippen molar-refractivity contribution >= 4 is 62.8 Å². The standard InChI is InChI=1S/C35H35ClN4O3S2/c1-22-29-31(38-43-22)30-27(36)15-16-28(45-26-13-6-3-7-14-26)33(30)40(35(29)42)25-12-8-11-24(21-25)37-34(41)32(23-9-4-2-5-10-23)39-17-19-44-20-18-39/h2-7,9-10,13-16,24-25,32H,8,11-12,17-21H2,1H3,(H,37,41).